The van der Waals surface area contributed by atoms with Crippen LogP contribution in [0.25, 0.3) is 10.9 Å². The SMILES string of the molecule is OC1(c2cccc3cccnc23)CCCc2ccccc21. The Morgan fingerprint density at radius 2 is 1.71 bits per heavy atom. The van der Waals surface area contributed by atoms with E-state index >= 15 is 0 Å². The third-order valence-corrected chi connectivity index (χ3v) is 4.53. The highest BCUT2D eigenvalue weighted by Crippen LogP contribution is 2.42. The van der Waals surface area contributed by atoms with Gasteiger partial charge in [0.25, 0.3) is 0 Å². The predicted octanol–water partition coefficient (Wildman–Crippen LogP) is 3.81. The molecule has 3 aromatic rings. The molecule has 1 aliphatic rings. The van der Waals surface area contributed by atoms with Crippen molar-refractivity contribution in [1.29, 1.82) is 0 Å². The van der Waals surface area contributed by atoms with Crippen molar-refractivity contribution in [3.05, 3.63) is 77.5 Å². The maximum absolute atomic E-state index is 11.5. The fraction of sp³-hybridized carbons (Fsp3) is 0.211. The first kappa shape index (κ1) is 12.5. The van der Waals surface area contributed by atoms with E-state index in [4.69, 9.17) is 0 Å². The second-order valence-electron chi connectivity index (χ2n) is 5.75. The molecule has 4 rings (SSSR count). The minimum absolute atomic E-state index is 0.750. The van der Waals surface area contributed by atoms with E-state index in [1.165, 1.54) is 5.56 Å². The predicted molar refractivity (Wildman–Crippen MR) is 84.1 cm³/mol. The molecule has 1 unspecified atom stereocenters. The van der Waals surface area contributed by atoms with Gasteiger partial charge in [-0.05, 0) is 36.5 Å². The standard InChI is InChI=1S/C19H17NO/c21-19(12-4-8-14-6-1-2-10-16(14)19)17-11-3-7-15-9-5-13-20-18(15)17/h1-3,5-7,9-11,13,21H,4,8,12H2. The number of pyridine rings is 1. The molecule has 1 N–H and O–H groups in total. The normalized spacial score (nSPS) is 21.2. The van der Waals surface area contributed by atoms with Crippen molar-refractivity contribution in [3.8, 4) is 0 Å². The summed E-state index contributed by atoms with van der Waals surface area (Å²) in [4.78, 5) is 4.51. The zero-order valence-electron chi connectivity index (χ0n) is 11.8. The van der Waals surface area contributed by atoms with Gasteiger partial charge in [0.15, 0.2) is 0 Å². The fourth-order valence-corrected chi connectivity index (χ4v) is 3.53. The van der Waals surface area contributed by atoms with Gasteiger partial charge >= 0.3 is 0 Å². The molecule has 0 radical (unpaired) electrons. The summed E-state index contributed by atoms with van der Waals surface area (Å²) in [5.74, 6) is 0. The van der Waals surface area contributed by atoms with Gasteiger partial charge in [0.2, 0.25) is 0 Å². The number of aryl methyl sites for hydroxylation is 1. The van der Waals surface area contributed by atoms with Gasteiger partial charge in [-0.2, -0.15) is 0 Å². The molecule has 0 bridgehead atoms. The number of rotatable bonds is 1. The second kappa shape index (κ2) is 4.68. The first-order valence-corrected chi connectivity index (χ1v) is 7.44. The summed E-state index contributed by atoms with van der Waals surface area (Å²) in [7, 11) is 0. The lowest BCUT2D eigenvalue weighted by Crippen LogP contribution is -2.32. The first-order valence-electron chi connectivity index (χ1n) is 7.44. The summed E-state index contributed by atoms with van der Waals surface area (Å²) < 4.78 is 0. The average Bonchev–Trinajstić information content (AvgIpc) is 2.55. The minimum atomic E-state index is -0.928. The van der Waals surface area contributed by atoms with E-state index in [0.29, 0.717) is 0 Å². The summed E-state index contributed by atoms with van der Waals surface area (Å²) in [5, 5.41) is 12.5. The zero-order chi connectivity index (χ0) is 14.3. The number of benzene rings is 2. The third-order valence-electron chi connectivity index (χ3n) is 4.53. The van der Waals surface area contributed by atoms with Gasteiger partial charge in [-0.15, -0.1) is 0 Å². The molecule has 0 spiro atoms. The lowest BCUT2D eigenvalue weighted by molar-refractivity contribution is 0.0629. The molecule has 1 heterocycles. The summed E-state index contributed by atoms with van der Waals surface area (Å²) in [6.07, 6.45) is 4.58. The quantitative estimate of drug-likeness (QED) is 0.732. The van der Waals surface area contributed by atoms with Crippen molar-refractivity contribution in [1.82, 2.24) is 4.98 Å². The molecule has 0 amide bonds. The van der Waals surface area contributed by atoms with Crippen LogP contribution in [0, 0.1) is 0 Å². The summed E-state index contributed by atoms with van der Waals surface area (Å²) >= 11 is 0. The molecule has 21 heavy (non-hydrogen) atoms. The number of aliphatic hydroxyl groups is 1. The number of para-hydroxylation sites is 1. The number of hydrogen-bond donors (Lipinski definition) is 1. The van der Waals surface area contributed by atoms with E-state index in [9.17, 15) is 5.11 Å². The Morgan fingerprint density at radius 1 is 0.905 bits per heavy atom. The van der Waals surface area contributed by atoms with Gasteiger partial charge in [0, 0.05) is 17.1 Å². The second-order valence-corrected chi connectivity index (χ2v) is 5.75. The lowest BCUT2D eigenvalue weighted by atomic mass is 9.74. The van der Waals surface area contributed by atoms with Crippen LogP contribution in [-0.2, 0) is 12.0 Å². The van der Waals surface area contributed by atoms with Gasteiger partial charge in [-0.25, -0.2) is 0 Å². The van der Waals surface area contributed by atoms with Gasteiger partial charge < -0.3 is 5.11 Å². The van der Waals surface area contributed by atoms with Crippen molar-refractivity contribution in [3.63, 3.8) is 0 Å². The van der Waals surface area contributed by atoms with Crippen LogP contribution in [0.3, 0.4) is 0 Å². The van der Waals surface area contributed by atoms with Crippen LogP contribution in [0.4, 0.5) is 0 Å². The number of hydrogen-bond acceptors (Lipinski definition) is 2. The van der Waals surface area contributed by atoms with Crippen LogP contribution in [0.2, 0.25) is 0 Å². The molecule has 0 aliphatic heterocycles. The molecule has 2 heteroatoms. The Morgan fingerprint density at radius 3 is 2.67 bits per heavy atom. The fourth-order valence-electron chi connectivity index (χ4n) is 3.53. The third kappa shape index (κ3) is 1.87. The van der Waals surface area contributed by atoms with E-state index in [-0.39, 0.29) is 0 Å². The van der Waals surface area contributed by atoms with E-state index in [1.54, 1.807) is 6.20 Å². The zero-order valence-corrected chi connectivity index (χ0v) is 11.8. The van der Waals surface area contributed by atoms with Crippen LogP contribution in [0.15, 0.2) is 60.8 Å². The Labute approximate surface area is 124 Å². The molecular formula is C19H17NO. The van der Waals surface area contributed by atoms with Gasteiger partial charge in [0.1, 0.15) is 5.60 Å². The van der Waals surface area contributed by atoms with E-state index < -0.39 is 5.60 Å². The van der Waals surface area contributed by atoms with Crippen LogP contribution >= 0.6 is 0 Å². The van der Waals surface area contributed by atoms with Crippen molar-refractivity contribution in [2.24, 2.45) is 0 Å². The van der Waals surface area contributed by atoms with E-state index in [0.717, 1.165) is 41.3 Å². The average molecular weight is 275 g/mol. The van der Waals surface area contributed by atoms with E-state index in [2.05, 4.69) is 17.1 Å². The molecule has 1 atom stereocenters. The van der Waals surface area contributed by atoms with Crippen molar-refractivity contribution in [2.75, 3.05) is 0 Å². The molecule has 2 nitrogen and oxygen atoms in total. The van der Waals surface area contributed by atoms with Crippen molar-refractivity contribution < 1.29 is 5.11 Å². The Kier molecular flexibility index (Phi) is 2.79. The van der Waals surface area contributed by atoms with Gasteiger partial charge in [-0.1, -0.05) is 48.5 Å². The highest BCUT2D eigenvalue weighted by Gasteiger charge is 2.37. The van der Waals surface area contributed by atoms with Crippen LogP contribution in [0.1, 0.15) is 29.5 Å². The first-order chi connectivity index (χ1) is 10.3. The maximum atomic E-state index is 11.5. The van der Waals surface area contributed by atoms with Crippen LogP contribution in [0.5, 0.6) is 0 Å². The minimum Gasteiger partial charge on any atom is -0.380 e. The van der Waals surface area contributed by atoms with Crippen molar-refractivity contribution >= 4 is 10.9 Å². The summed E-state index contributed by atoms with van der Waals surface area (Å²) in [6, 6.07) is 18.3. The molecule has 0 saturated carbocycles. The highest BCUT2D eigenvalue weighted by molar-refractivity contribution is 5.83. The lowest BCUT2D eigenvalue weighted by Gasteiger charge is -2.35. The molecule has 104 valence electrons. The van der Waals surface area contributed by atoms with Crippen LogP contribution < -0.4 is 0 Å². The van der Waals surface area contributed by atoms with Crippen LogP contribution in [-0.4, -0.2) is 10.1 Å². The summed E-state index contributed by atoms with van der Waals surface area (Å²) in [5.41, 5.74) is 3.18. The Bertz CT molecular complexity index is 806. The smallest absolute Gasteiger partial charge is 0.117 e. The van der Waals surface area contributed by atoms with Gasteiger partial charge in [0.05, 0.1) is 5.52 Å². The van der Waals surface area contributed by atoms with Crippen molar-refractivity contribution in [2.45, 2.75) is 24.9 Å². The molecular weight excluding hydrogens is 258 g/mol. The highest BCUT2D eigenvalue weighted by atomic mass is 16.3. The monoisotopic (exact) mass is 275 g/mol. The molecule has 1 aliphatic carbocycles. The Hall–Kier alpha value is -2.19. The topological polar surface area (TPSA) is 33.1 Å². The molecule has 0 fully saturated rings. The largest absolute Gasteiger partial charge is 0.380 e. The molecule has 1 aromatic heterocycles. The summed E-state index contributed by atoms with van der Waals surface area (Å²) in [6.45, 7) is 0. The number of aromatic nitrogens is 1. The van der Waals surface area contributed by atoms with Gasteiger partial charge in [-0.3, -0.25) is 4.98 Å². The number of nitrogens with zero attached hydrogens (tertiary/aromatic N) is 1. The maximum Gasteiger partial charge on any atom is 0.117 e. The van der Waals surface area contributed by atoms with E-state index in [1.807, 2.05) is 42.5 Å². The molecule has 0 saturated heterocycles. The molecule has 2 aromatic carbocycles. The number of fused-ring (bicyclic) bond motifs is 2. The Balaban J connectivity index is 2.01.